The van der Waals surface area contributed by atoms with Crippen molar-refractivity contribution in [2.45, 2.75) is 26.7 Å². The molecular weight excluding hydrogens is 678 g/mol. The topological polar surface area (TPSA) is 9.23 Å². The van der Waals surface area contributed by atoms with Crippen LogP contribution >= 0.6 is 37.2 Å². The molecule has 0 spiro atoms. The molecule has 5 aromatic carbocycles. The van der Waals surface area contributed by atoms with Gasteiger partial charge in [0.05, 0.1) is 0 Å². The van der Waals surface area contributed by atoms with Gasteiger partial charge in [-0.3, -0.25) is 0 Å². The summed E-state index contributed by atoms with van der Waals surface area (Å²) in [6.45, 7) is 4.24. The van der Waals surface area contributed by atoms with Gasteiger partial charge in [0.1, 0.15) is 11.5 Å². The van der Waals surface area contributed by atoms with E-state index in [0.717, 1.165) is 24.3 Å². The molecule has 0 heterocycles. The van der Waals surface area contributed by atoms with Crippen molar-refractivity contribution in [3.8, 4) is 22.6 Å². The number of hydrogen-bond acceptors (Lipinski definition) is 1. The monoisotopic (exact) mass is 708 g/mol. The molecule has 37 heavy (non-hydrogen) atoms. The van der Waals surface area contributed by atoms with Gasteiger partial charge in [-0.25, -0.2) is 0 Å². The first kappa shape index (κ1) is 27.4. The maximum absolute atomic E-state index is 6.08. The smallest absolute Gasteiger partial charge is 0.127 e. The molecule has 0 aliphatic heterocycles. The number of aryl methyl sites for hydroxylation is 2. The van der Waals surface area contributed by atoms with Gasteiger partial charge < -0.3 is 4.74 Å². The Morgan fingerprint density at radius 3 is 1.05 bits per heavy atom. The minimum absolute atomic E-state index is 0.844. The molecule has 0 bridgehead atoms. The minimum atomic E-state index is 0.844. The van der Waals surface area contributed by atoms with Crippen LogP contribution in [0.5, 0.6) is 11.5 Å². The molecule has 3 heteroatoms. The maximum Gasteiger partial charge on any atom is 0.127 e. The van der Waals surface area contributed by atoms with Gasteiger partial charge in [0.15, 0.2) is 0 Å². The molecule has 0 fully saturated rings. The number of rotatable bonds is 7. The second-order valence-electron chi connectivity index (χ2n) is 9.29. The maximum atomic E-state index is 6.08. The molecule has 0 aliphatic rings. The summed E-state index contributed by atoms with van der Waals surface area (Å²) in [6.07, 6.45) is 1.89. The van der Waals surface area contributed by atoms with Crippen molar-refractivity contribution in [2.75, 3.05) is 0 Å². The standard InChI is InChI=1S/C34H30O.I2/c1-25-3-7-27(8-4-25)23-29-11-15-31(16-12-29)32-17-21-34(22-18-32)35-33-19-13-30(14-20-33)24-28-9-5-26(2)6-10-28;1-2/h3-22H,23-24H2,1-2H3;. The molecule has 0 aliphatic carbocycles. The summed E-state index contributed by atoms with van der Waals surface area (Å²) in [7, 11) is 0. The molecule has 0 N–H and O–H groups in total. The summed E-state index contributed by atoms with van der Waals surface area (Å²) < 4.78 is 6.08. The molecule has 0 amide bonds. The highest BCUT2D eigenvalue weighted by Crippen LogP contribution is 2.27. The van der Waals surface area contributed by atoms with E-state index in [9.17, 15) is 0 Å². The Balaban J connectivity index is 0.00000156. The largest absolute Gasteiger partial charge is 0.457 e. The van der Waals surface area contributed by atoms with Crippen LogP contribution in [-0.4, -0.2) is 0 Å². The van der Waals surface area contributed by atoms with Gasteiger partial charge in [-0.2, -0.15) is 0 Å². The lowest BCUT2D eigenvalue weighted by Gasteiger charge is -2.09. The third kappa shape index (κ3) is 8.17. The highest BCUT2D eigenvalue weighted by atomic mass is 128. The zero-order chi connectivity index (χ0) is 26.0. The number of ether oxygens (including phenoxy) is 1. The highest BCUT2D eigenvalue weighted by molar-refractivity contribution is 15.0. The average Bonchev–Trinajstić information content (AvgIpc) is 2.94. The van der Waals surface area contributed by atoms with E-state index >= 15 is 0 Å². The minimum Gasteiger partial charge on any atom is -0.457 e. The van der Waals surface area contributed by atoms with E-state index in [0.29, 0.717) is 0 Å². The van der Waals surface area contributed by atoms with Crippen molar-refractivity contribution in [1.29, 1.82) is 0 Å². The van der Waals surface area contributed by atoms with Crippen LogP contribution in [0.3, 0.4) is 0 Å². The molecule has 0 aromatic heterocycles. The molecular formula is C34H30I2O. The Morgan fingerprint density at radius 2 is 0.676 bits per heavy atom. The first-order valence-electron chi connectivity index (χ1n) is 12.3. The van der Waals surface area contributed by atoms with E-state index in [1.807, 2.05) is 24.3 Å². The van der Waals surface area contributed by atoms with Crippen molar-refractivity contribution in [3.63, 3.8) is 0 Å². The lowest BCUT2D eigenvalue weighted by molar-refractivity contribution is 0.482. The van der Waals surface area contributed by atoms with Crippen LogP contribution in [0.4, 0.5) is 0 Å². The molecule has 0 radical (unpaired) electrons. The second kappa shape index (κ2) is 13.8. The normalized spacial score (nSPS) is 10.4. The van der Waals surface area contributed by atoms with E-state index < -0.39 is 0 Å². The molecule has 0 unspecified atom stereocenters. The van der Waals surface area contributed by atoms with Gasteiger partial charge in [-0.15, -0.1) is 0 Å². The van der Waals surface area contributed by atoms with Crippen molar-refractivity contribution in [1.82, 2.24) is 0 Å². The van der Waals surface area contributed by atoms with Gasteiger partial charge >= 0.3 is 0 Å². The third-order valence-corrected chi connectivity index (χ3v) is 6.36. The van der Waals surface area contributed by atoms with Crippen molar-refractivity contribution >= 4 is 37.2 Å². The number of halogens is 2. The Morgan fingerprint density at radius 1 is 0.405 bits per heavy atom. The van der Waals surface area contributed by atoms with Gasteiger partial charge in [0.25, 0.3) is 0 Å². The van der Waals surface area contributed by atoms with Gasteiger partial charge in [-0.1, -0.05) is 108 Å². The van der Waals surface area contributed by atoms with Crippen LogP contribution < -0.4 is 4.74 Å². The predicted molar refractivity (Wildman–Crippen MR) is 174 cm³/mol. The van der Waals surface area contributed by atoms with Gasteiger partial charge in [0.2, 0.25) is 0 Å². The Hall–Kier alpha value is -2.64. The van der Waals surface area contributed by atoms with Crippen LogP contribution in [0.1, 0.15) is 33.4 Å². The number of hydrogen-bond donors (Lipinski definition) is 0. The van der Waals surface area contributed by atoms with Crippen LogP contribution in [0.2, 0.25) is 0 Å². The molecule has 0 saturated heterocycles. The van der Waals surface area contributed by atoms with E-state index in [2.05, 4.69) is 148 Å². The van der Waals surface area contributed by atoms with Crippen LogP contribution in [0.15, 0.2) is 121 Å². The molecule has 1 nitrogen and oxygen atoms in total. The number of benzene rings is 5. The van der Waals surface area contributed by atoms with Crippen LogP contribution in [-0.2, 0) is 12.8 Å². The summed E-state index contributed by atoms with van der Waals surface area (Å²) in [4.78, 5) is 0. The summed E-state index contributed by atoms with van der Waals surface area (Å²) in [6, 6.07) is 43.0. The summed E-state index contributed by atoms with van der Waals surface area (Å²) in [5.74, 6) is 1.70. The fourth-order valence-electron chi connectivity index (χ4n) is 4.23. The van der Waals surface area contributed by atoms with Crippen molar-refractivity contribution < 1.29 is 4.74 Å². The fourth-order valence-corrected chi connectivity index (χ4v) is 4.23. The van der Waals surface area contributed by atoms with E-state index in [-0.39, 0.29) is 0 Å². The van der Waals surface area contributed by atoms with Crippen LogP contribution in [0.25, 0.3) is 11.1 Å². The third-order valence-electron chi connectivity index (χ3n) is 6.36. The summed E-state index contributed by atoms with van der Waals surface area (Å²) in [5, 5.41) is 0. The molecule has 5 aromatic rings. The Bertz CT molecular complexity index is 1370. The fraction of sp³-hybridized carbons (Fsp3) is 0.118. The lowest BCUT2D eigenvalue weighted by atomic mass is 10.00. The Labute approximate surface area is 244 Å². The molecule has 0 atom stereocenters. The van der Waals surface area contributed by atoms with E-state index in [1.54, 1.807) is 0 Å². The van der Waals surface area contributed by atoms with Crippen LogP contribution in [0, 0.1) is 13.8 Å². The second-order valence-corrected chi connectivity index (χ2v) is 9.29. The molecule has 5 rings (SSSR count). The van der Waals surface area contributed by atoms with Gasteiger partial charge in [0, 0.05) is 37.2 Å². The van der Waals surface area contributed by atoms with E-state index in [1.165, 1.54) is 44.5 Å². The van der Waals surface area contributed by atoms with Crippen molar-refractivity contribution in [3.05, 3.63) is 155 Å². The molecule has 186 valence electrons. The summed E-state index contributed by atoms with van der Waals surface area (Å²) >= 11 is 4.24. The quantitative estimate of drug-likeness (QED) is 0.153. The van der Waals surface area contributed by atoms with E-state index in [4.69, 9.17) is 4.74 Å². The zero-order valence-electron chi connectivity index (χ0n) is 21.1. The lowest BCUT2D eigenvalue weighted by Crippen LogP contribution is -1.90. The molecule has 0 saturated carbocycles. The van der Waals surface area contributed by atoms with Crippen molar-refractivity contribution in [2.24, 2.45) is 0 Å². The van der Waals surface area contributed by atoms with Gasteiger partial charge in [-0.05, 0) is 84.3 Å². The SMILES string of the molecule is Cc1ccc(Cc2ccc(Oc3ccc(-c4ccc(Cc5ccc(C)cc5)cc4)cc3)cc2)cc1.II. The summed E-state index contributed by atoms with van der Waals surface area (Å²) in [5.41, 5.74) is 10.3. The zero-order valence-corrected chi connectivity index (χ0v) is 25.4. The highest BCUT2D eigenvalue weighted by Gasteiger charge is 2.03. The Kier molecular flexibility index (Phi) is 10.2. The predicted octanol–water partition coefficient (Wildman–Crippen LogP) is 10.7. The first-order chi connectivity index (χ1) is 18.1. The average molecular weight is 708 g/mol. The first-order valence-corrected chi connectivity index (χ1v) is 18.6.